The van der Waals surface area contributed by atoms with Gasteiger partial charge in [0, 0.05) is 18.5 Å². The minimum absolute atomic E-state index is 0.300. The maximum Gasteiger partial charge on any atom is 0.239 e. The maximum absolute atomic E-state index is 9.24. The van der Waals surface area contributed by atoms with Gasteiger partial charge >= 0.3 is 0 Å². The second kappa shape index (κ2) is 4.67. The van der Waals surface area contributed by atoms with Crippen molar-refractivity contribution in [2.75, 3.05) is 0 Å². The molecule has 98 valence electrons. The van der Waals surface area contributed by atoms with Gasteiger partial charge in [-0.3, -0.25) is 0 Å². The van der Waals surface area contributed by atoms with Gasteiger partial charge in [-0.15, -0.1) is 0 Å². The fraction of sp³-hybridized carbons (Fsp3) is 0.133. The number of pyridine rings is 1. The molecule has 0 unspecified atom stereocenters. The molecule has 0 saturated heterocycles. The van der Waals surface area contributed by atoms with E-state index < -0.39 is 0 Å². The number of fused-ring (bicyclic) bond motifs is 1. The highest BCUT2D eigenvalue weighted by Gasteiger charge is 2.11. The highest BCUT2D eigenvalue weighted by atomic mass is 16.5. The van der Waals surface area contributed by atoms with Crippen LogP contribution in [0.3, 0.4) is 0 Å². The first kappa shape index (κ1) is 12.2. The van der Waals surface area contributed by atoms with Crippen molar-refractivity contribution in [3.8, 4) is 17.8 Å². The van der Waals surface area contributed by atoms with Crippen LogP contribution in [-0.4, -0.2) is 14.8 Å². The van der Waals surface area contributed by atoms with Gasteiger partial charge in [-0.05, 0) is 19.1 Å². The molecule has 20 heavy (non-hydrogen) atoms. The Balaban J connectivity index is 2.10. The van der Waals surface area contributed by atoms with E-state index in [1.54, 1.807) is 23.9 Å². The Labute approximate surface area is 116 Å². The molecule has 0 amide bonds. The van der Waals surface area contributed by atoms with Crippen molar-refractivity contribution in [1.82, 2.24) is 14.8 Å². The van der Waals surface area contributed by atoms with E-state index in [2.05, 4.69) is 16.2 Å². The Morgan fingerprint density at radius 3 is 2.75 bits per heavy atom. The second-order valence-corrected chi connectivity index (χ2v) is 4.50. The summed E-state index contributed by atoms with van der Waals surface area (Å²) in [5, 5.41) is 14.4. The predicted molar refractivity (Wildman–Crippen MR) is 74.5 cm³/mol. The first-order chi connectivity index (χ1) is 9.67. The molecule has 0 aliphatic rings. The predicted octanol–water partition coefficient (Wildman–Crippen LogP) is 2.94. The van der Waals surface area contributed by atoms with E-state index in [0.29, 0.717) is 17.3 Å². The molecule has 0 aliphatic carbocycles. The number of aryl methyl sites for hydroxylation is 2. The van der Waals surface area contributed by atoms with Crippen molar-refractivity contribution < 1.29 is 4.74 Å². The minimum Gasteiger partial charge on any atom is -0.420 e. The van der Waals surface area contributed by atoms with Crippen molar-refractivity contribution in [3.63, 3.8) is 0 Å². The number of nitrogens with zero attached hydrogens (tertiary/aromatic N) is 4. The molecule has 1 aromatic carbocycles. The average molecular weight is 264 g/mol. The normalized spacial score (nSPS) is 10.4. The van der Waals surface area contributed by atoms with Crippen molar-refractivity contribution >= 4 is 10.9 Å². The molecule has 5 heteroatoms. The van der Waals surface area contributed by atoms with E-state index in [1.165, 1.54) is 0 Å². The molecule has 0 atom stereocenters. The van der Waals surface area contributed by atoms with Crippen LogP contribution in [0.2, 0.25) is 0 Å². The van der Waals surface area contributed by atoms with Crippen molar-refractivity contribution in [2.24, 2.45) is 7.05 Å². The third-order valence-corrected chi connectivity index (χ3v) is 2.97. The zero-order valence-corrected chi connectivity index (χ0v) is 11.2. The Bertz CT molecular complexity index is 829. The molecule has 0 bridgehead atoms. The van der Waals surface area contributed by atoms with Crippen molar-refractivity contribution in [1.29, 1.82) is 5.26 Å². The fourth-order valence-corrected chi connectivity index (χ4v) is 2.04. The molecule has 0 saturated carbocycles. The van der Waals surface area contributed by atoms with Crippen molar-refractivity contribution in [3.05, 3.63) is 47.7 Å². The van der Waals surface area contributed by atoms with Gasteiger partial charge in [-0.25, -0.2) is 9.67 Å². The molecular formula is C15H12N4O. The quantitative estimate of drug-likeness (QED) is 0.713. The molecule has 0 N–H and O–H groups in total. The first-order valence-electron chi connectivity index (χ1n) is 6.16. The highest BCUT2D eigenvalue weighted by Crippen LogP contribution is 2.26. The summed E-state index contributed by atoms with van der Waals surface area (Å²) in [5.41, 5.74) is 2.05. The number of benzene rings is 1. The minimum atomic E-state index is 0.300. The molecule has 2 heterocycles. The number of rotatable bonds is 2. The van der Waals surface area contributed by atoms with Crippen LogP contribution >= 0.6 is 0 Å². The lowest BCUT2D eigenvalue weighted by atomic mass is 10.1. The van der Waals surface area contributed by atoms with Gasteiger partial charge in [0.2, 0.25) is 11.8 Å². The molecule has 0 radical (unpaired) electrons. The second-order valence-electron chi connectivity index (χ2n) is 4.50. The molecule has 2 aromatic heterocycles. The fourth-order valence-electron chi connectivity index (χ4n) is 2.04. The van der Waals surface area contributed by atoms with Gasteiger partial charge in [-0.1, -0.05) is 18.2 Å². The first-order valence-corrected chi connectivity index (χ1v) is 6.16. The SMILES string of the molecule is Cc1cc(Oc2nc3ccccc3cc2C#N)n(C)n1. The number of para-hydroxylation sites is 1. The van der Waals surface area contributed by atoms with Crippen LogP contribution in [0.15, 0.2) is 36.4 Å². The van der Waals surface area contributed by atoms with Gasteiger partial charge in [0.25, 0.3) is 0 Å². The lowest BCUT2D eigenvalue weighted by Gasteiger charge is -2.07. The number of hydrogen-bond donors (Lipinski definition) is 0. The summed E-state index contributed by atoms with van der Waals surface area (Å²) in [6.07, 6.45) is 0. The third kappa shape index (κ3) is 2.08. The van der Waals surface area contributed by atoms with E-state index in [1.807, 2.05) is 31.2 Å². The maximum atomic E-state index is 9.24. The average Bonchev–Trinajstić information content (AvgIpc) is 2.76. The smallest absolute Gasteiger partial charge is 0.239 e. The highest BCUT2D eigenvalue weighted by molar-refractivity contribution is 5.80. The molecule has 5 nitrogen and oxygen atoms in total. The van der Waals surface area contributed by atoms with Crippen LogP contribution < -0.4 is 4.74 Å². The van der Waals surface area contributed by atoms with Crippen LogP contribution in [0.5, 0.6) is 11.8 Å². The molecule has 0 aliphatic heterocycles. The van der Waals surface area contributed by atoms with Crippen LogP contribution in [-0.2, 0) is 7.05 Å². The molecule has 3 rings (SSSR count). The summed E-state index contributed by atoms with van der Waals surface area (Å²) >= 11 is 0. The lowest BCUT2D eigenvalue weighted by Crippen LogP contribution is -1.98. The van der Waals surface area contributed by atoms with E-state index >= 15 is 0 Å². The van der Waals surface area contributed by atoms with E-state index in [-0.39, 0.29) is 0 Å². The Kier molecular flexibility index (Phi) is 2.84. The van der Waals surface area contributed by atoms with Gasteiger partial charge in [0.15, 0.2) is 0 Å². The monoisotopic (exact) mass is 264 g/mol. The van der Waals surface area contributed by atoms with Gasteiger partial charge < -0.3 is 4.74 Å². The standard InChI is InChI=1S/C15H12N4O/c1-10-7-14(19(2)18-10)20-15-12(9-16)8-11-5-3-4-6-13(11)17-15/h3-8H,1-2H3. The Morgan fingerprint density at radius 2 is 2.05 bits per heavy atom. The molecule has 0 fully saturated rings. The summed E-state index contributed by atoms with van der Waals surface area (Å²) in [4.78, 5) is 4.41. The van der Waals surface area contributed by atoms with Gasteiger partial charge in [0.05, 0.1) is 11.2 Å². The van der Waals surface area contributed by atoms with E-state index in [9.17, 15) is 5.26 Å². The summed E-state index contributed by atoms with van der Waals surface area (Å²) < 4.78 is 7.35. The number of hydrogen-bond acceptors (Lipinski definition) is 4. The number of aromatic nitrogens is 3. The summed E-state index contributed by atoms with van der Waals surface area (Å²) in [6.45, 7) is 1.88. The number of ether oxygens (including phenoxy) is 1. The zero-order chi connectivity index (χ0) is 14.1. The summed E-state index contributed by atoms with van der Waals surface area (Å²) in [5.74, 6) is 0.857. The van der Waals surface area contributed by atoms with Crippen LogP contribution in [0.4, 0.5) is 0 Å². The molecular weight excluding hydrogens is 252 g/mol. The zero-order valence-electron chi connectivity index (χ0n) is 11.2. The van der Waals surface area contributed by atoms with E-state index in [0.717, 1.165) is 16.6 Å². The van der Waals surface area contributed by atoms with Gasteiger partial charge in [0.1, 0.15) is 11.6 Å². The Hall–Kier alpha value is -2.87. The largest absolute Gasteiger partial charge is 0.420 e. The summed E-state index contributed by atoms with van der Waals surface area (Å²) in [7, 11) is 1.79. The summed E-state index contributed by atoms with van der Waals surface area (Å²) in [6, 6.07) is 13.3. The lowest BCUT2D eigenvalue weighted by molar-refractivity contribution is 0.416. The Morgan fingerprint density at radius 1 is 1.25 bits per heavy atom. The van der Waals surface area contributed by atoms with E-state index in [4.69, 9.17) is 4.74 Å². The van der Waals surface area contributed by atoms with Crippen LogP contribution in [0.25, 0.3) is 10.9 Å². The molecule has 0 spiro atoms. The van der Waals surface area contributed by atoms with Gasteiger partial charge in [-0.2, -0.15) is 10.4 Å². The number of nitriles is 1. The van der Waals surface area contributed by atoms with Crippen LogP contribution in [0.1, 0.15) is 11.3 Å². The van der Waals surface area contributed by atoms with Crippen molar-refractivity contribution in [2.45, 2.75) is 6.92 Å². The topological polar surface area (TPSA) is 63.7 Å². The van der Waals surface area contributed by atoms with Crippen LogP contribution in [0, 0.1) is 18.3 Å². The third-order valence-electron chi connectivity index (χ3n) is 2.97. The molecule has 3 aromatic rings.